The first kappa shape index (κ1) is 15.1. The van der Waals surface area contributed by atoms with E-state index in [0.29, 0.717) is 19.6 Å². The van der Waals surface area contributed by atoms with E-state index in [9.17, 15) is 9.59 Å². The average molecular weight is 284 g/mol. The van der Waals surface area contributed by atoms with Crippen molar-refractivity contribution < 1.29 is 19.4 Å². The number of aliphatic carboxylic acids is 1. The topological polar surface area (TPSA) is 78.9 Å². The number of ether oxygens (including phenoxy) is 1. The number of rotatable bonds is 4. The normalized spacial score (nSPS) is 24.4. The lowest BCUT2D eigenvalue weighted by molar-refractivity contribution is -0.138. The van der Waals surface area contributed by atoms with Crippen molar-refractivity contribution in [3.63, 3.8) is 0 Å². The molecule has 1 atom stereocenters. The molecule has 2 aliphatic rings. The van der Waals surface area contributed by atoms with Gasteiger partial charge in [-0.3, -0.25) is 4.79 Å². The maximum absolute atomic E-state index is 12.0. The Morgan fingerprint density at radius 1 is 1.20 bits per heavy atom. The summed E-state index contributed by atoms with van der Waals surface area (Å²) in [7, 11) is 0. The van der Waals surface area contributed by atoms with Crippen molar-refractivity contribution in [1.82, 2.24) is 10.2 Å². The van der Waals surface area contributed by atoms with Crippen LogP contribution in [0, 0.1) is 5.92 Å². The molecule has 1 unspecified atom stereocenters. The molecule has 0 aromatic heterocycles. The van der Waals surface area contributed by atoms with Gasteiger partial charge in [0.15, 0.2) is 0 Å². The molecule has 0 bridgehead atoms. The third kappa shape index (κ3) is 4.67. The van der Waals surface area contributed by atoms with Gasteiger partial charge in [-0.15, -0.1) is 0 Å². The van der Waals surface area contributed by atoms with Gasteiger partial charge in [-0.2, -0.15) is 0 Å². The summed E-state index contributed by atoms with van der Waals surface area (Å²) in [6.07, 6.45) is 5.21. The molecule has 0 aromatic carbocycles. The monoisotopic (exact) mass is 284 g/mol. The van der Waals surface area contributed by atoms with Crippen molar-refractivity contribution in [2.45, 2.75) is 44.6 Å². The maximum Gasteiger partial charge on any atom is 0.317 e. The molecule has 0 aliphatic carbocycles. The Kier molecular flexibility index (Phi) is 5.64. The lowest BCUT2D eigenvalue weighted by Gasteiger charge is -2.32. The summed E-state index contributed by atoms with van der Waals surface area (Å²) in [4.78, 5) is 24.4. The molecule has 0 saturated carbocycles. The molecule has 0 spiro atoms. The highest BCUT2D eigenvalue weighted by Gasteiger charge is 2.24. The van der Waals surface area contributed by atoms with Crippen LogP contribution in [0.25, 0.3) is 0 Å². The lowest BCUT2D eigenvalue weighted by atomic mass is 9.94. The quantitative estimate of drug-likeness (QED) is 0.819. The number of nitrogens with zero attached hydrogens (tertiary/aromatic N) is 1. The molecule has 2 aliphatic heterocycles. The smallest absolute Gasteiger partial charge is 0.317 e. The van der Waals surface area contributed by atoms with Gasteiger partial charge in [-0.1, -0.05) is 0 Å². The summed E-state index contributed by atoms with van der Waals surface area (Å²) in [5, 5.41) is 11.7. The van der Waals surface area contributed by atoms with Crippen molar-refractivity contribution in [3.05, 3.63) is 0 Å². The van der Waals surface area contributed by atoms with Crippen LogP contribution >= 0.6 is 0 Å². The van der Waals surface area contributed by atoms with Crippen LogP contribution in [0.2, 0.25) is 0 Å². The van der Waals surface area contributed by atoms with E-state index in [1.54, 1.807) is 4.90 Å². The molecule has 20 heavy (non-hydrogen) atoms. The highest BCUT2D eigenvalue weighted by molar-refractivity contribution is 5.74. The highest BCUT2D eigenvalue weighted by Crippen LogP contribution is 2.20. The van der Waals surface area contributed by atoms with Gasteiger partial charge in [-0.25, -0.2) is 4.79 Å². The number of nitrogens with one attached hydrogen (secondary N) is 1. The van der Waals surface area contributed by atoms with Crippen molar-refractivity contribution in [1.29, 1.82) is 0 Å². The Morgan fingerprint density at radius 2 is 1.95 bits per heavy atom. The molecule has 6 heteroatoms. The Hall–Kier alpha value is -1.30. The predicted octanol–water partition coefficient (Wildman–Crippen LogP) is 1.45. The fourth-order valence-corrected chi connectivity index (χ4v) is 2.87. The second kappa shape index (κ2) is 7.47. The zero-order valence-corrected chi connectivity index (χ0v) is 11.8. The van der Waals surface area contributed by atoms with E-state index in [0.717, 1.165) is 32.3 Å². The van der Waals surface area contributed by atoms with Gasteiger partial charge >= 0.3 is 12.0 Å². The van der Waals surface area contributed by atoms with Gasteiger partial charge in [0.25, 0.3) is 0 Å². The molecule has 114 valence electrons. The van der Waals surface area contributed by atoms with Crippen LogP contribution in [0.5, 0.6) is 0 Å². The van der Waals surface area contributed by atoms with Crippen LogP contribution in [0.3, 0.4) is 0 Å². The largest absolute Gasteiger partial charge is 0.481 e. The number of urea groups is 1. The predicted molar refractivity (Wildman–Crippen MR) is 73.5 cm³/mol. The Balaban J connectivity index is 1.65. The molecule has 2 rings (SSSR count). The number of hydrogen-bond acceptors (Lipinski definition) is 3. The number of carboxylic acids is 1. The Bertz CT molecular complexity index is 334. The Morgan fingerprint density at radius 3 is 2.55 bits per heavy atom. The number of amides is 2. The fraction of sp³-hybridized carbons (Fsp3) is 0.857. The molecule has 6 nitrogen and oxygen atoms in total. The summed E-state index contributed by atoms with van der Waals surface area (Å²) in [6.45, 7) is 2.67. The summed E-state index contributed by atoms with van der Waals surface area (Å²) >= 11 is 0. The van der Waals surface area contributed by atoms with Gasteiger partial charge in [0.05, 0.1) is 6.10 Å². The van der Waals surface area contributed by atoms with Gasteiger partial charge < -0.3 is 20.1 Å². The van der Waals surface area contributed by atoms with Crippen molar-refractivity contribution in [3.8, 4) is 0 Å². The SMILES string of the molecule is O=C(O)CC1CCN(C(=O)NCC2CCCCO2)CC1. The average Bonchev–Trinajstić information content (AvgIpc) is 2.46. The second-order valence-electron chi connectivity index (χ2n) is 5.70. The maximum atomic E-state index is 12.0. The fourth-order valence-electron chi connectivity index (χ4n) is 2.87. The summed E-state index contributed by atoms with van der Waals surface area (Å²) < 4.78 is 5.58. The highest BCUT2D eigenvalue weighted by atomic mass is 16.5. The van der Waals surface area contributed by atoms with Crippen LogP contribution in [-0.4, -0.2) is 54.4 Å². The minimum atomic E-state index is -0.748. The standard InChI is InChI=1S/C14H24N2O4/c17-13(18)9-11-4-6-16(7-5-11)14(19)15-10-12-3-1-2-8-20-12/h11-12H,1-10H2,(H,15,19)(H,17,18). The van der Waals surface area contributed by atoms with E-state index >= 15 is 0 Å². The number of carboxylic acid groups (broad SMARTS) is 1. The van der Waals surface area contributed by atoms with Crippen LogP contribution in [0.1, 0.15) is 38.5 Å². The number of piperidine rings is 1. The second-order valence-corrected chi connectivity index (χ2v) is 5.70. The third-order valence-electron chi connectivity index (χ3n) is 4.12. The van der Waals surface area contributed by atoms with E-state index in [2.05, 4.69) is 5.32 Å². The van der Waals surface area contributed by atoms with Gasteiger partial charge in [0, 0.05) is 32.7 Å². The van der Waals surface area contributed by atoms with Gasteiger partial charge in [0.1, 0.15) is 0 Å². The van der Waals surface area contributed by atoms with Gasteiger partial charge in [-0.05, 0) is 38.0 Å². The van der Waals surface area contributed by atoms with E-state index in [-0.39, 0.29) is 24.5 Å². The minimum Gasteiger partial charge on any atom is -0.481 e. The molecule has 2 N–H and O–H groups in total. The summed E-state index contributed by atoms with van der Waals surface area (Å²) in [5.74, 6) is -0.541. The lowest BCUT2D eigenvalue weighted by Crippen LogP contribution is -2.47. The summed E-state index contributed by atoms with van der Waals surface area (Å²) in [6, 6.07) is -0.0482. The number of likely N-dealkylation sites (tertiary alicyclic amines) is 1. The van der Waals surface area contributed by atoms with Crippen LogP contribution in [-0.2, 0) is 9.53 Å². The first-order valence-corrected chi connectivity index (χ1v) is 7.51. The first-order valence-electron chi connectivity index (χ1n) is 7.51. The molecular formula is C14H24N2O4. The van der Waals surface area contributed by atoms with Crippen LogP contribution in [0.15, 0.2) is 0 Å². The van der Waals surface area contributed by atoms with E-state index < -0.39 is 5.97 Å². The zero-order chi connectivity index (χ0) is 14.4. The van der Waals surface area contributed by atoms with Crippen molar-refractivity contribution >= 4 is 12.0 Å². The summed E-state index contributed by atoms with van der Waals surface area (Å²) in [5.41, 5.74) is 0. The third-order valence-corrected chi connectivity index (χ3v) is 4.12. The van der Waals surface area contributed by atoms with E-state index in [1.807, 2.05) is 0 Å². The van der Waals surface area contributed by atoms with Crippen molar-refractivity contribution in [2.75, 3.05) is 26.2 Å². The molecule has 0 aromatic rings. The molecule has 0 radical (unpaired) electrons. The van der Waals surface area contributed by atoms with Crippen molar-refractivity contribution in [2.24, 2.45) is 5.92 Å². The van der Waals surface area contributed by atoms with Crippen LogP contribution in [0.4, 0.5) is 4.79 Å². The number of carbonyl (C=O) groups excluding carboxylic acids is 1. The first-order chi connectivity index (χ1) is 9.65. The molecule has 2 amide bonds. The van der Waals surface area contributed by atoms with Crippen LogP contribution < -0.4 is 5.32 Å². The minimum absolute atomic E-state index is 0.0482. The Labute approximate surface area is 119 Å². The van der Waals surface area contributed by atoms with E-state index in [4.69, 9.17) is 9.84 Å². The molecule has 2 heterocycles. The molecule has 2 fully saturated rings. The zero-order valence-electron chi connectivity index (χ0n) is 11.8. The van der Waals surface area contributed by atoms with Gasteiger partial charge in [0.2, 0.25) is 0 Å². The molecule has 2 saturated heterocycles. The number of carbonyl (C=O) groups is 2. The molecular weight excluding hydrogens is 260 g/mol. The number of hydrogen-bond donors (Lipinski definition) is 2. The van der Waals surface area contributed by atoms with E-state index in [1.165, 1.54) is 6.42 Å².